The van der Waals surface area contributed by atoms with Gasteiger partial charge >= 0.3 is 0 Å². The van der Waals surface area contributed by atoms with Gasteiger partial charge in [-0.1, -0.05) is 89.9 Å². The average Bonchev–Trinajstić information content (AvgIpc) is 3.02. The number of carbonyl (C=O) groups is 2. The van der Waals surface area contributed by atoms with Gasteiger partial charge in [0.2, 0.25) is 21.8 Å². The average molecular weight is 683 g/mol. The molecular formula is C35H37Cl2N3O5S. The Hall–Kier alpha value is -4.05. The zero-order valence-electron chi connectivity index (χ0n) is 25.9. The summed E-state index contributed by atoms with van der Waals surface area (Å²) in [7, 11) is -3.92. The number of nitrogens with zero attached hydrogens (tertiary/aromatic N) is 2. The van der Waals surface area contributed by atoms with E-state index in [4.69, 9.17) is 27.9 Å². The molecule has 11 heteroatoms. The molecule has 242 valence electrons. The predicted molar refractivity (Wildman–Crippen MR) is 184 cm³/mol. The van der Waals surface area contributed by atoms with Crippen LogP contribution in [0.4, 0.5) is 5.69 Å². The summed E-state index contributed by atoms with van der Waals surface area (Å²) in [5, 5.41) is 3.57. The number of carbonyl (C=O) groups excluding carboxylic acids is 2. The van der Waals surface area contributed by atoms with E-state index in [2.05, 4.69) is 5.32 Å². The highest BCUT2D eigenvalue weighted by molar-refractivity contribution is 7.92. The van der Waals surface area contributed by atoms with E-state index >= 15 is 0 Å². The van der Waals surface area contributed by atoms with Crippen LogP contribution in [0.25, 0.3) is 0 Å². The fourth-order valence-electron chi connectivity index (χ4n) is 4.83. The Morgan fingerprint density at radius 3 is 1.98 bits per heavy atom. The maximum Gasteiger partial charge on any atom is 0.244 e. The standard InChI is InChI=1S/C35H37Cl2N3O5S/c1-25(2)38-35(42)33(21-26-10-6-4-7-11-26)39(22-28-14-19-31(36)32(37)20-28)34(41)23-40(46(3,43)44)29-15-17-30(18-16-29)45-24-27-12-8-5-9-13-27/h4-20,25,33H,21-24H2,1-3H3,(H,38,42). The molecule has 0 aliphatic rings. The fraction of sp³-hybridized carbons (Fsp3) is 0.257. The first-order valence-corrected chi connectivity index (χ1v) is 17.3. The molecule has 0 saturated heterocycles. The van der Waals surface area contributed by atoms with Crippen LogP contribution in [0.1, 0.15) is 30.5 Å². The lowest BCUT2D eigenvalue weighted by molar-refractivity contribution is -0.140. The number of hydrogen-bond donors (Lipinski definition) is 1. The van der Waals surface area contributed by atoms with E-state index in [1.165, 1.54) is 4.90 Å². The molecule has 46 heavy (non-hydrogen) atoms. The van der Waals surface area contributed by atoms with E-state index in [0.717, 1.165) is 21.7 Å². The zero-order valence-corrected chi connectivity index (χ0v) is 28.2. The van der Waals surface area contributed by atoms with Crippen molar-refractivity contribution >= 4 is 50.7 Å². The largest absolute Gasteiger partial charge is 0.489 e. The van der Waals surface area contributed by atoms with Crippen molar-refractivity contribution in [3.63, 3.8) is 0 Å². The van der Waals surface area contributed by atoms with Crippen molar-refractivity contribution in [2.24, 2.45) is 0 Å². The number of hydrogen-bond acceptors (Lipinski definition) is 5. The fourth-order valence-corrected chi connectivity index (χ4v) is 6.00. The predicted octanol–water partition coefficient (Wildman–Crippen LogP) is 6.50. The van der Waals surface area contributed by atoms with Crippen molar-refractivity contribution in [1.29, 1.82) is 0 Å². The molecule has 1 unspecified atom stereocenters. The second-order valence-corrected chi connectivity index (χ2v) is 13.9. The summed E-state index contributed by atoms with van der Waals surface area (Å²) in [5.74, 6) is -0.388. The van der Waals surface area contributed by atoms with Crippen molar-refractivity contribution in [1.82, 2.24) is 10.2 Å². The second-order valence-electron chi connectivity index (χ2n) is 11.2. The first kappa shape index (κ1) is 34.8. The molecule has 4 aromatic rings. The van der Waals surface area contributed by atoms with Crippen molar-refractivity contribution < 1.29 is 22.7 Å². The van der Waals surface area contributed by atoms with Crippen molar-refractivity contribution in [2.45, 2.75) is 45.5 Å². The SMILES string of the molecule is CC(C)NC(=O)C(Cc1ccccc1)N(Cc1ccc(Cl)c(Cl)c1)C(=O)CN(c1ccc(OCc2ccccc2)cc1)S(C)(=O)=O. The summed E-state index contributed by atoms with van der Waals surface area (Å²) in [6.45, 7) is 3.47. The number of amides is 2. The number of anilines is 1. The molecule has 0 fully saturated rings. The minimum absolute atomic E-state index is 0.0113. The topological polar surface area (TPSA) is 96.0 Å². The second kappa shape index (κ2) is 16.0. The Kier molecular flexibility index (Phi) is 12.1. The molecule has 0 spiro atoms. The first-order valence-electron chi connectivity index (χ1n) is 14.7. The summed E-state index contributed by atoms with van der Waals surface area (Å²) in [6.07, 6.45) is 1.25. The third-order valence-electron chi connectivity index (χ3n) is 7.09. The Morgan fingerprint density at radius 2 is 1.41 bits per heavy atom. The first-order chi connectivity index (χ1) is 21.9. The van der Waals surface area contributed by atoms with E-state index < -0.39 is 28.5 Å². The van der Waals surface area contributed by atoms with Gasteiger partial charge in [0, 0.05) is 19.0 Å². The zero-order chi connectivity index (χ0) is 33.3. The molecule has 0 saturated carbocycles. The van der Waals surface area contributed by atoms with Gasteiger partial charge in [-0.05, 0) is 66.9 Å². The molecule has 0 radical (unpaired) electrons. The third kappa shape index (κ3) is 9.97. The van der Waals surface area contributed by atoms with Crippen molar-refractivity contribution in [3.05, 3.63) is 130 Å². The Balaban J connectivity index is 1.65. The molecule has 1 atom stereocenters. The summed E-state index contributed by atoms with van der Waals surface area (Å²) in [4.78, 5) is 29.3. The van der Waals surface area contributed by atoms with Crippen LogP contribution in [0.2, 0.25) is 10.0 Å². The van der Waals surface area contributed by atoms with Gasteiger partial charge in [-0.3, -0.25) is 13.9 Å². The van der Waals surface area contributed by atoms with E-state index in [-0.39, 0.29) is 30.6 Å². The third-order valence-corrected chi connectivity index (χ3v) is 8.97. The Bertz CT molecular complexity index is 1720. The lowest BCUT2D eigenvalue weighted by atomic mass is 10.0. The highest BCUT2D eigenvalue weighted by Gasteiger charge is 2.33. The Morgan fingerprint density at radius 1 is 0.804 bits per heavy atom. The van der Waals surface area contributed by atoms with Crippen LogP contribution in [0.15, 0.2) is 103 Å². The van der Waals surface area contributed by atoms with Gasteiger partial charge in [0.25, 0.3) is 0 Å². The minimum Gasteiger partial charge on any atom is -0.489 e. The molecular weight excluding hydrogens is 645 g/mol. The number of benzene rings is 4. The highest BCUT2D eigenvalue weighted by Crippen LogP contribution is 2.26. The Labute approximate surface area is 280 Å². The van der Waals surface area contributed by atoms with Gasteiger partial charge in [-0.25, -0.2) is 8.42 Å². The van der Waals surface area contributed by atoms with Crippen LogP contribution in [0.5, 0.6) is 5.75 Å². The van der Waals surface area contributed by atoms with E-state index in [1.807, 2.05) is 74.5 Å². The number of rotatable bonds is 14. The number of sulfonamides is 1. The molecule has 0 heterocycles. The van der Waals surface area contributed by atoms with E-state index in [0.29, 0.717) is 28.0 Å². The molecule has 4 aromatic carbocycles. The van der Waals surface area contributed by atoms with Gasteiger partial charge in [-0.15, -0.1) is 0 Å². The molecule has 0 bridgehead atoms. The van der Waals surface area contributed by atoms with Crippen LogP contribution in [-0.4, -0.2) is 50.0 Å². The summed E-state index contributed by atoms with van der Waals surface area (Å²) in [6, 6.07) is 29.3. The van der Waals surface area contributed by atoms with Crippen molar-refractivity contribution in [3.8, 4) is 5.75 Å². The smallest absolute Gasteiger partial charge is 0.244 e. The van der Waals surface area contributed by atoms with Gasteiger partial charge in [0.1, 0.15) is 24.9 Å². The monoisotopic (exact) mass is 681 g/mol. The molecule has 2 amide bonds. The molecule has 8 nitrogen and oxygen atoms in total. The van der Waals surface area contributed by atoms with E-state index in [9.17, 15) is 18.0 Å². The maximum atomic E-state index is 14.2. The lowest BCUT2D eigenvalue weighted by Gasteiger charge is -2.34. The van der Waals surface area contributed by atoms with Crippen LogP contribution >= 0.6 is 23.2 Å². The molecule has 0 aromatic heterocycles. The normalized spacial score (nSPS) is 12.0. The lowest BCUT2D eigenvalue weighted by Crippen LogP contribution is -2.54. The van der Waals surface area contributed by atoms with E-state index in [1.54, 1.807) is 42.5 Å². The number of nitrogens with one attached hydrogen (secondary N) is 1. The number of halogens is 2. The van der Waals surface area contributed by atoms with Crippen molar-refractivity contribution in [2.75, 3.05) is 17.1 Å². The maximum absolute atomic E-state index is 14.2. The highest BCUT2D eigenvalue weighted by atomic mass is 35.5. The summed E-state index contributed by atoms with van der Waals surface area (Å²) in [5.41, 5.74) is 2.74. The van der Waals surface area contributed by atoms with Crippen LogP contribution < -0.4 is 14.4 Å². The van der Waals surface area contributed by atoms with Gasteiger partial charge in [0.05, 0.1) is 22.0 Å². The van der Waals surface area contributed by atoms with Crippen LogP contribution in [0, 0.1) is 0 Å². The van der Waals surface area contributed by atoms with Gasteiger partial charge in [0.15, 0.2) is 0 Å². The van der Waals surface area contributed by atoms with Crippen LogP contribution in [0.3, 0.4) is 0 Å². The quantitative estimate of drug-likeness (QED) is 0.164. The van der Waals surface area contributed by atoms with Gasteiger partial charge < -0.3 is 15.0 Å². The molecule has 0 aliphatic carbocycles. The molecule has 0 aliphatic heterocycles. The minimum atomic E-state index is -3.92. The van der Waals surface area contributed by atoms with Crippen LogP contribution in [-0.2, 0) is 39.2 Å². The summed E-state index contributed by atoms with van der Waals surface area (Å²) < 4.78 is 33.0. The molecule has 1 N–H and O–H groups in total. The number of ether oxygens (including phenoxy) is 1. The molecule has 4 rings (SSSR count). The summed E-state index contributed by atoms with van der Waals surface area (Å²) >= 11 is 12.4. The van der Waals surface area contributed by atoms with Gasteiger partial charge in [-0.2, -0.15) is 0 Å².